The lowest BCUT2D eigenvalue weighted by atomic mass is 10.2. The third-order valence-electron chi connectivity index (χ3n) is 3.15. The summed E-state index contributed by atoms with van der Waals surface area (Å²) in [5, 5.41) is 9.95. The number of nitrogens with zero attached hydrogens (tertiary/aromatic N) is 1. The van der Waals surface area contributed by atoms with Crippen LogP contribution in [0, 0.1) is 6.92 Å². The highest BCUT2D eigenvalue weighted by molar-refractivity contribution is 5.88. The van der Waals surface area contributed by atoms with Crippen molar-refractivity contribution in [1.29, 1.82) is 0 Å². The Balaban J connectivity index is 1.77. The number of carboxylic acids is 1. The summed E-state index contributed by atoms with van der Waals surface area (Å²) in [7, 11) is 0. The van der Waals surface area contributed by atoms with E-state index in [1.807, 2.05) is 30.3 Å². The Morgan fingerprint density at radius 1 is 1.33 bits per heavy atom. The molecule has 2 aromatic heterocycles. The Bertz CT molecular complexity index is 807. The van der Waals surface area contributed by atoms with Gasteiger partial charge in [-0.25, -0.2) is 4.79 Å². The molecule has 0 bridgehead atoms. The smallest absolute Gasteiger partial charge is 0.339 e. The molecule has 0 aliphatic heterocycles. The molecule has 2 heterocycles. The molecule has 0 atom stereocenters. The van der Waals surface area contributed by atoms with Crippen LogP contribution < -0.4 is 4.74 Å². The zero-order valence-electron chi connectivity index (χ0n) is 11.4. The SMILES string of the molecule is Cc1oc(COc2cnc3ccccc3c2)cc1C(=O)O. The average molecular weight is 283 g/mol. The number of aromatic nitrogens is 1. The van der Waals surface area contributed by atoms with E-state index in [9.17, 15) is 4.79 Å². The zero-order chi connectivity index (χ0) is 14.8. The van der Waals surface area contributed by atoms with Gasteiger partial charge < -0.3 is 14.3 Å². The second kappa shape index (κ2) is 5.28. The lowest BCUT2D eigenvalue weighted by molar-refractivity contribution is 0.0695. The summed E-state index contributed by atoms with van der Waals surface area (Å²) in [5.41, 5.74) is 1.05. The average Bonchev–Trinajstić information content (AvgIpc) is 2.86. The topological polar surface area (TPSA) is 72.6 Å². The summed E-state index contributed by atoms with van der Waals surface area (Å²) in [6.45, 7) is 1.78. The van der Waals surface area contributed by atoms with E-state index in [0.29, 0.717) is 17.3 Å². The number of hydrogen-bond donors (Lipinski definition) is 1. The van der Waals surface area contributed by atoms with Crippen LogP contribution in [0.3, 0.4) is 0 Å². The van der Waals surface area contributed by atoms with Gasteiger partial charge in [-0.1, -0.05) is 18.2 Å². The minimum Gasteiger partial charge on any atom is -0.484 e. The van der Waals surface area contributed by atoms with Gasteiger partial charge in [-0.05, 0) is 25.1 Å². The number of aromatic carboxylic acids is 1. The van der Waals surface area contributed by atoms with Crippen molar-refractivity contribution >= 4 is 16.9 Å². The maximum absolute atomic E-state index is 10.9. The minimum absolute atomic E-state index is 0.158. The van der Waals surface area contributed by atoms with Gasteiger partial charge in [-0.2, -0.15) is 0 Å². The van der Waals surface area contributed by atoms with Crippen molar-refractivity contribution in [3.63, 3.8) is 0 Å². The van der Waals surface area contributed by atoms with Crippen molar-refractivity contribution in [3.8, 4) is 5.75 Å². The van der Waals surface area contributed by atoms with Crippen molar-refractivity contribution < 1.29 is 19.1 Å². The maximum atomic E-state index is 10.9. The van der Waals surface area contributed by atoms with Gasteiger partial charge in [-0.3, -0.25) is 4.98 Å². The molecule has 3 aromatic rings. The first kappa shape index (κ1) is 13.2. The van der Waals surface area contributed by atoms with Crippen molar-refractivity contribution in [2.24, 2.45) is 0 Å². The number of pyridine rings is 1. The maximum Gasteiger partial charge on any atom is 0.339 e. The van der Waals surface area contributed by atoms with Gasteiger partial charge in [0.25, 0.3) is 0 Å². The van der Waals surface area contributed by atoms with E-state index in [-0.39, 0.29) is 12.2 Å². The Hall–Kier alpha value is -2.82. The summed E-state index contributed by atoms with van der Waals surface area (Å²) in [4.78, 5) is 15.2. The summed E-state index contributed by atoms with van der Waals surface area (Å²) in [6.07, 6.45) is 1.64. The first-order valence-electron chi connectivity index (χ1n) is 6.43. The lowest BCUT2D eigenvalue weighted by Gasteiger charge is -2.04. The molecule has 106 valence electrons. The predicted molar refractivity (Wildman–Crippen MR) is 76.5 cm³/mol. The van der Waals surface area contributed by atoms with Gasteiger partial charge in [0.05, 0.1) is 11.7 Å². The highest BCUT2D eigenvalue weighted by atomic mass is 16.5. The lowest BCUT2D eigenvalue weighted by Crippen LogP contribution is -1.96. The number of rotatable bonds is 4. The molecule has 0 aliphatic rings. The second-order valence-corrected chi connectivity index (χ2v) is 4.64. The third kappa shape index (κ3) is 2.72. The Morgan fingerprint density at radius 3 is 2.90 bits per heavy atom. The molecule has 0 radical (unpaired) electrons. The third-order valence-corrected chi connectivity index (χ3v) is 3.15. The fraction of sp³-hybridized carbons (Fsp3) is 0.125. The number of carbonyl (C=O) groups is 1. The normalized spacial score (nSPS) is 10.7. The van der Waals surface area contributed by atoms with Crippen LogP contribution in [0.4, 0.5) is 0 Å². The number of ether oxygens (including phenoxy) is 1. The zero-order valence-corrected chi connectivity index (χ0v) is 11.4. The molecular formula is C16H13NO4. The molecule has 1 N–H and O–H groups in total. The van der Waals surface area contributed by atoms with Gasteiger partial charge in [-0.15, -0.1) is 0 Å². The van der Waals surface area contributed by atoms with Crippen molar-refractivity contribution in [2.75, 3.05) is 0 Å². The van der Waals surface area contributed by atoms with Crippen molar-refractivity contribution in [2.45, 2.75) is 13.5 Å². The predicted octanol–water partition coefficient (Wildman–Crippen LogP) is 3.41. The Kier molecular flexibility index (Phi) is 3.31. The molecule has 0 unspecified atom stereocenters. The Morgan fingerprint density at radius 2 is 2.14 bits per heavy atom. The molecule has 0 amide bonds. The monoisotopic (exact) mass is 283 g/mol. The van der Waals surface area contributed by atoms with Gasteiger partial charge >= 0.3 is 5.97 Å². The number of para-hydroxylation sites is 1. The fourth-order valence-electron chi connectivity index (χ4n) is 2.11. The van der Waals surface area contributed by atoms with E-state index >= 15 is 0 Å². The van der Waals surface area contributed by atoms with E-state index in [4.69, 9.17) is 14.3 Å². The minimum atomic E-state index is -1.00. The number of furan rings is 1. The van der Waals surface area contributed by atoms with E-state index in [1.165, 1.54) is 6.07 Å². The van der Waals surface area contributed by atoms with Gasteiger partial charge in [0.15, 0.2) is 0 Å². The van der Waals surface area contributed by atoms with Crippen LogP contribution in [-0.2, 0) is 6.61 Å². The summed E-state index contributed by atoms with van der Waals surface area (Å²) in [6, 6.07) is 11.1. The van der Waals surface area contributed by atoms with Gasteiger partial charge in [0, 0.05) is 5.39 Å². The van der Waals surface area contributed by atoms with Gasteiger partial charge in [0.1, 0.15) is 29.4 Å². The molecular weight excluding hydrogens is 270 g/mol. The molecule has 0 aliphatic carbocycles. The number of benzene rings is 1. The molecule has 1 aromatic carbocycles. The molecule has 5 nitrogen and oxygen atoms in total. The van der Waals surface area contributed by atoms with Crippen LogP contribution in [0.2, 0.25) is 0 Å². The first-order valence-corrected chi connectivity index (χ1v) is 6.43. The van der Waals surface area contributed by atoms with Crippen LogP contribution in [-0.4, -0.2) is 16.1 Å². The summed E-state index contributed by atoms with van der Waals surface area (Å²) in [5.74, 6) is 0.449. The standard InChI is InChI=1S/C16H13NO4/c1-10-14(16(18)19)7-13(21-10)9-20-12-6-11-4-2-3-5-15(11)17-8-12/h2-8H,9H2,1H3,(H,18,19). The van der Waals surface area contributed by atoms with Crippen LogP contribution in [0.1, 0.15) is 21.9 Å². The molecule has 0 saturated heterocycles. The first-order chi connectivity index (χ1) is 10.1. The number of carboxylic acid groups (broad SMARTS) is 1. The largest absolute Gasteiger partial charge is 0.484 e. The van der Waals surface area contributed by atoms with Crippen LogP contribution >= 0.6 is 0 Å². The second-order valence-electron chi connectivity index (χ2n) is 4.64. The molecule has 0 spiro atoms. The van der Waals surface area contributed by atoms with Gasteiger partial charge in [0.2, 0.25) is 0 Å². The quantitative estimate of drug-likeness (QED) is 0.794. The number of hydrogen-bond acceptors (Lipinski definition) is 4. The summed E-state index contributed by atoms with van der Waals surface area (Å²) < 4.78 is 11.0. The Labute approximate surface area is 120 Å². The number of fused-ring (bicyclic) bond motifs is 1. The summed E-state index contributed by atoms with van der Waals surface area (Å²) >= 11 is 0. The molecule has 0 saturated carbocycles. The van der Waals surface area contributed by atoms with E-state index in [2.05, 4.69) is 4.98 Å². The molecule has 5 heteroatoms. The highest BCUT2D eigenvalue weighted by Gasteiger charge is 2.14. The van der Waals surface area contributed by atoms with E-state index < -0.39 is 5.97 Å². The van der Waals surface area contributed by atoms with Crippen LogP contribution in [0.15, 0.2) is 47.0 Å². The number of aryl methyl sites for hydroxylation is 1. The van der Waals surface area contributed by atoms with Crippen LogP contribution in [0.25, 0.3) is 10.9 Å². The molecule has 21 heavy (non-hydrogen) atoms. The van der Waals surface area contributed by atoms with Crippen molar-refractivity contribution in [1.82, 2.24) is 4.98 Å². The van der Waals surface area contributed by atoms with Crippen molar-refractivity contribution in [3.05, 3.63) is 59.7 Å². The van der Waals surface area contributed by atoms with Crippen LogP contribution in [0.5, 0.6) is 5.75 Å². The van der Waals surface area contributed by atoms with E-state index in [1.54, 1.807) is 13.1 Å². The molecule has 0 fully saturated rings. The highest BCUT2D eigenvalue weighted by Crippen LogP contribution is 2.20. The molecule has 3 rings (SSSR count). The van der Waals surface area contributed by atoms with E-state index in [0.717, 1.165) is 10.9 Å². The fourth-order valence-corrected chi connectivity index (χ4v) is 2.11.